The van der Waals surface area contributed by atoms with Gasteiger partial charge in [-0.2, -0.15) is 0 Å². The van der Waals surface area contributed by atoms with E-state index in [1.807, 2.05) is 32.9 Å². The molecule has 2 rings (SSSR count). The number of hydrogen-bond donors (Lipinski definition) is 1. The third-order valence-corrected chi connectivity index (χ3v) is 3.98. The number of unbranched alkanes of at least 4 members (excludes halogenated alkanes) is 1. The third-order valence-electron chi connectivity index (χ3n) is 3.98. The number of rotatable bonds is 9. The van der Waals surface area contributed by atoms with Gasteiger partial charge in [-0.15, -0.1) is 0 Å². The number of pyridine rings is 1. The molecule has 0 aliphatic carbocycles. The largest absolute Gasteiger partial charge is 0.488 e. The maximum atomic E-state index is 12.3. The summed E-state index contributed by atoms with van der Waals surface area (Å²) in [6.07, 6.45) is 5.24. The smallest absolute Gasteiger partial charge is 0.325 e. The van der Waals surface area contributed by atoms with Gasteiger partial charge in [-0.05, 0) is 49.6 Å². The molecule has 6 heteroatoms. The van der Waals surface area contributed by atoms with Crippen molar-refractivity contribution in [3.63, 3.8) is 0 Å². The van der Waals surface area contributed by atoms with Crippen molar-refractivity contribution in [2.75, 3.05) is 13.2 Å². The zero-order valence-corrected chi connectivity index (χ0v) is 16.1. The van der Waals surface area contributed by atoms with Crippen molar-refractivity contribution < 1.29 is 19.1 Å². The lowest BCUT2D eigenvalue weighted by molar-refractivity contribution is -0.142. The van der Waals surface area contributed by atoms with Crippen molar-refractivity contribution in [2.45, 2.75) is 40.2 Å². The van der Waals surface area contributed by atoms with E-state index in [-0.39, 0.29) is 12.5 Å². The minimum atomic E-state index is -0.429. The Morgan fingerprint density at radius 3 is 2.56 bits per heavy atom. The summed E-state index contributed by atoms with van der Waals surface area (Å²) >= 11 is 0. The number of nitrogens with zero attached hydrogens (tertiary/aromatic N) is 1. The number of carbonyl (C=O) groups excluding carboxylic acids is 2. The van der Waals surface area contributed by atoms with Crippen LogP contribution >= 0.6 is 0 Å². The molecule has 2 aromatic rings. The molecule has 0 bridgehead atoms. The van der Waals surface area contributed by atoms with Crippen LogP contribution in [0.5, 0.6) is 5.75 Å². The van der Waals surface area contributed by atoms with E-state index in [4.69, 9.17) is 9.47 Å². The normalized spacial score (nSPS) is 10.3. The zero-order valence-electron chi connectivity index (χ0n) is 16.1. The lowest BCUT2D eigenvalue weighted by Gasteiger charge is -2.14. The standard InChI is InChI=1S/C21H26N2O4/c1-4-5-9-26-19(24)13-23-21(25)18-10-15(2)20(16(3)11-18)27-14-17-7-6-8-22-12-17/h6-8,10-12H,4-5,9,13-14H2,1-3H3,(H,23,25). The van der Waals surface area contributed by atoms with Crippen molar-refractivity contribution in [3.05, 3.63) is 58.9 Å². The first-order valence-electron chi connectivity index (χ1n) is 9.08. The number of amides is 1. The monoisotopic (exact) mass is 370 g/mol. The molecule has 0 saturated carbocycles. The number of aryl methyl sites for hydroxylation is 2. The molecule has 0 fully saturated rings. The fourth-order valence-corrected chi connectivity index (χ4v) is 2.58. The van der Waals surface area contributed by atoms with Crippen LogP contribution in [0, 0.1) is 13.8 Å². The second-order valence-electron chi connectivity index (χ2n) is 6.35. The number of benzene rings is 1. The van der Waals surface area contributed by atoms with Crippen molar-refractivity contribution in [1.82, 2.24) is 10.3 Å². The lowest BCUT2D eigenvalue weighted by atomic mass is 10.0. The predicted octanol–water partition coefficient (Wildman–Crippen LogP) is 3.35. The molecule has 0 spiro atoms. The SMILES string of the molecule is CCCCOC(=O)CNC(=O)c1cc(C)c(OCc2cccnc2)c(C)c1. The second-order valence-corrected chi connectivity index (χ2v) is 6.35. The summed E-state index contributed by atoms with van der Waals surface area (Å²) in [6, 6.07) is 7.31. The number of esters is 1. The Labute approximate surface area is 159 Å². The van der Waals surface area contributed by atoms with Crippen LogP contribution in [0.25, 0.3) is 0 Å². The molecule has 0 radical (unpaired) electrons. The first kappa shape index (κ1) is 20.4. The quantitative estimate of drug-likeness (QED) is 0.541. The van der Waals surface area contributed by atoms with Crippen LogP contribution < -0.4 is 10.1 Å². The van der Waals surface area contributed by atoms with Gasteiger partial charge < -0.3 is 14.8 Å². The first-order valence-corrected chi connectivity index (χ1v) is 9.08. The highest BCUT2D eigenvalue weighted by Gasteiger charge is 2.13. The average molecular weight is 370 g/mol. The molecular weight excluding hydrogens is 344 g/mol. The lowest BCUT2D eigenvalue weighted by Crippen LogP contribution is -2.30. The number of nitrogens with one attached hydrogen (secondary N) is 1. The Hall–Kier alpha value is -2.89. The number of hydrogen-bond acceptors (Lipinski definition) is 5. The van der Waals surface area contributed by atoms with E-state index in [1.54, 1.807) is 24.5 Å². The Kier molecular flexibility index (Phi) is 7.79. The van der Waals surface area contributed by atoms with Gasteiger partial charge in [0.25, 0.3) is 5.91 Å². The zero-order chi connectivity index (χ0) is 19.6. The van der Waals surface area contributed by atoms with Crippen molar-refractivity contribution >= 4 is 11.9 Å². The third kappa shape index (κ3) is 6.40. The van der Waals surface area contributed by atoms with E-state index >= 15 is 0 Å². The van der Waals surface area contributed by atoms with Gasteiger partial charge >= 0.3 is 5.97 Å². The Balaban J connectivity index is 1.94. The van der Waals surface area contributed by atoms with Crippen LogP contribution in [0.1, 0.15) is 46.8 Å². The molecule has 144 valence electrons. The van der Waals surface area contributed by atoms with Gasteiger partial charge in [0.15, 0.2) is 0 Å². The maximum Gasteiger partial charge on any atom is 0.325 e. The summed E-state index contributed by atoms with van der Waals surface area (Å²) in [6.45, 7) is 6.45. The summed E-state index contributed by atoms with van der Waals surface area (Å²) in [5, 5.41) is 2.59. The Bertz CT molecular complexity index is 752. The predicted molar refractivity (Wildman–Crippen MR) is 103 cm³/mol. The van der Waals surface area contributed by atoms with Gasteiger partial charge in [-0.25, -0.2) is 0 Å². The van der Waals surface area contributed by atoms with E-state index in [1.165, 1.54) is 0 Å². The van der Waals surface area contributed by atoms with Crippen LogP contribution in [0.2, 0.25) is 0 Å². The van der Waals surface area contributed by atoms with Crippen molar-refractivity contribution in [2.24, 2.45) is 0 Å². The maximum absolute atomic E-state index is 12.3. The summed E-state index contributed by atoms with van der Waals surface area (Å²) in [5.74, 6) is 0.00324. The van der Waals surface area contributed by atoms with Gasteiger partial charge in [-0.3, -0.25) is 14.6 Å². The molecular formula is C21H26N2O4. The minimum Gasteiger partial charge on any atom is -0.488 e. The second kappa shape index (κ2) is 10.3. The molecule has 1 N–H and O–H groups in total. The first-order chi connectivity index (χ1) is 13.0. The molecule has 0 saturated heterocycles. The van der Waals surface area contributed by atoms with E-state index in [0.717, 1.165) is 35.3 Å². The fraction of sp³-hybridized carbons (Fsp3) is 0.381. The van der Waals surface area contributed by atoms with Crippen LogP contribution in [-0.4, -0.2) is 30.0 Å². The van der Waals surface area contributed by atoms with Gasteiger partial charge in [0.05, 0.1) is 6.61 Å². The Morgan fingerprint density at radius 1 is 1.19 bits per heavy atom. The van der Waals surface area contributed by atoms with Crippen molar-refractivity contribution in [1.29, 1.82) is 0 Å². The average Bonchev–Trinajstić information content (AvgIpc) is 2.66. The Morgan fingerprint density at radius 2 is 1.93 bits per heavy atom. The summed E-state index contributed by atoms with van der Waals surface area (Å²) in [5.41, 5.74) is 3.17. The highest BCUT2D eigenvalue weighted by Crippen LogP contribution is 2.25. The number of aromatic nitrogens is 1. The molecule has 0 aliphatic rings. The van der Waals surface area contributed by atoms with Gasteiger partial charge in [0, 0.05) is 23.5 Å². The van der Waals surface area contributed by atoms with Gasteiger partial charge in [-0.1, -0.05) is 19.4 Å². The molecule has 1 aromatic carbocycles. The van der Waals surface area contributed by atoms with Crippen LogP contribution in [-0.2, 0) is 16.1 Å². The molecule has 27 heavy (non-hydrogen) atoms. The summed E-state index contributed by atoms with van der Waals surface area (Å²) in [4.78, 5) is 28.0. The van der Waals surface area contributed by atoms with Gasteiger partial charge in [0.2, 0.25) is 0 Å². The van der Waals surface area contributed by atoms with Gasteiger partial charge in [0.1, 0.15) is 18.9 Å². The van der Waals surface area contributed by atoms with E-state index in [2.05, 4.69) is 10.3 Å². The molecule has 1 aromatic heterocycles. The van der Waals surface area contributed by atoms with E-state index in [0.29, 0.717) is 18.8 Å². The van der Waals surface area contributed by atoms with Crippen LogP contribution in [0.4, 0.5) is 0 Å². The topological polar surface area (TPSA) is 77.5 Å². The molecule has 0 aliphatic heterocycles. The summed E-state index contributed by atoms with van der Waals surface area (Å²) < 4.78 is 10.9. The molecule has 6 nitrogen and oxygen atoms in total. The van der Waals surface area contributed by atoms with E-state index in [9.17, 15) is 9.59 Å². The molecule has 0 atom stereocenters. The highest BCUT2D eigenvalue weighted by atomic mass is 16.5. The molecule has 1 amide bonds. The van der Waals surface area contributed by atoms with Crippen LogP contribution in [0.3, 0.4) is 0 Å². The van der Waals surface area contributed by atoms with E-state index < -0.39 is 5.97 Å². The minimum absolute atomic E-state index is 0.139. The number of ether oxygens (including phenoxy) is 2. The fourth-order valence-electron chi connectivity index (χ4n) is 2.58. The highest BCUT2D eigenvalue weighted by molar-refractivity contribution is 5.96. The van der Waals surface area contributed by atoms with Crippen LogP contribution in [0.15, 0.2) is 36.7 Å². The van der Waals surface area contributed by atoms with Crippen molar-refractivity contribution in [3.8, 4) is 5.75 Å². The summed E-state index contributed by atoms with van der Waals surface area (Å²) in [7, 11) is 0. The molecule has 0 unspecified atom stereocenters. The molecule has 1 heterocycles. The number of carbonyl (C=O) groups is 2.